The van der Waals surface area contributed by atoms with Gasteiger partial charge in [-0.05, 0) is 50.1 Å². The number of aryl methyl sites for hydroxylation is 2. The minimum absolute atomic E-state index is 0.0728. The number of hydrogen-bond donors (Lipinski definition) is 2. The molecule has 2 rings (SSSR count). The Morgan fingerprint density at radius 2 is 1.91 bits per heavy atom. The van der Waals surface area contributed by atoms with Crippen molar-refractivity contribution >= 4 is 22.8 Å². The predicted octanol–water partition coefficient (Wildman–Crippen LogP) is 2.27. The molecule has 118 valence electrons. The Morgan fingerprint density at radius 3 is 2.50 bits per heavy atom. The van der Waals surface area contributed by atoms with Crippen LogP contribution in [0.2, 0.25) is 0 Å². The first-order valence-electron chi connectivity index (χ1n) is 6.82. The van der Waals surface area contributed by atoms with Gasteiger partial charge in [-0.3, -0.25) is 4.79 Å². The van der Waals surface area contributed by atoms with Crippen molar-refractivity contribution in [2.45, 2.75) is 26.3 Å². The summed E-state index contributed by atoms with van der Waals surface area (Å²) < 4.78 is 10.4. The Labute approximate surface area is 128 Å². The van der Waals surface area contributed by atoms with Crippen LogP contribution in [-0.4, -0.2) is 36.2 Å². The van der Waals surface area contributed by atoms with Crippen LogP contribution in [0.5, 0.6) is 0 Å². The fraction of sp³-hybridized carbons (Fsp3) is 0.375. The molecule has 1 heterocycles. The Morgan fingerprint density at radius 1 is 1.27 bits per heavy atom. The number of rotatable bonds is 5. The number of carboxylic acid groups (broad SMARTS) is 1. The zero-order valence-electron chi connectivity index (χ0n) is 13.0. The van der Waals surface area contributed by atoms with Crippen LogP contribution >= 0.6 is 0 Å². The molecule has 1 atom stereocenters. The summed E-state index contributed by atoms with van der Waals surface area (Å²) in [5, 5.41) is 12.5. The molecule has 0 aliphatic rings. The van der Waals surface area contributed by atoms with E-state index in [0.717, 1.165) is 16.5 Å². The highest BCUT2D eigenvalue weighted by atomic mass is 16.5. The Bertz CT molecular complexity index is 694. The third kappa shape index (κ3) is 2.96. The first-order valence-corrected chi connectivity index (χ1v) is 6.82. The molecule has 2 aromatic rings. The minimum Gasteiger partial charge on any atom is -0.479 e. The highest BCUT2D eigenvalue weighted by Gasteiger charge is 2.36. The quantitative estimate of drug-likeness (QED) is 0.884. The van der Waals surface area contributed by atoms with E-state index in [1.54, 1.807) is 6.07 Å². The molecule has 0 spiro atoms. The number of nitrogens with one attached hydrogen (secondary N) is 1. The number of aliphatic carboxylic acids is 1. The number of amides is 1. The smallest absolute Gasteiger partial charge is 0.331 e. The molecule has 0 bridgehead atoms. The zero-order chi connectivity index (χ0) is 16.5. The van der Waals surface area contributed by atoms with Crippen LogP contribution in [0.3, 0.4) is 0 Å². The Hall–Kier alpha value is -2.34. The second-order valence-electron chi connectivity index (χ2n) is 5.61. The summed E-state index contributed by atoms with van der Waals surface area (Å²) in [5.41, 5.74) is 1.23. The van der Waals surface area contributed by atoms with Crippen LogP contribution in [0.4, 0.5) is 0 Å². The predicted molar refractivity (Wildman–Crippen MR) is 81.1 cm³/mol. The van der Waals surface area contributed by atoms with Crippen LogP contribution < -0.4 is 5.32 Å². The van der Waals surface area contributed by atoms with Crippen LogP contribution in [0.25, 0.3) is 11.0 Å². The van der Waals surface area contributed by atoms with Gasteiger partial charge in [-0.15, -0.1) is 0 Å². The molecule has 0 saturated carbocycles. The molecule has 0 radical (unpaired) electrons. The van der Waals surface area contributed by atoms with Gasteiger partial charge < -0.3 is 19.6 Å². The molecule has 2 N–H and O–H groups in total. The fourth-order valence-corrected chi connectivity index (χ4v) is 2.17. The van der Waals surface area contributed by atoms with Gasteiger partial charge in [0.15, 0.2) is 11.3 Å². The van der Waals surface area contributed by atoms with Crippen molar-refractivity contribution in [2.75, 3.05) is 13.7 Å². The number of furan rings is 1. The molecule has 1 unspecified atom stereocenters. The second-order valence-corrected chi connectivity index (χ2v) is 5.61. The third-order valence-corrected chi connectivity index (χ3v) is 3.65. The van der Waals surface area contributed by atoms with Crippen LogP contribution in [0.15, 0.2) is 22.6 Å². The lowest BCUT2D eigenvalue weighted by Gasteiger charge is -2.24. The maximum atomic E-state index is 12.3. The number of methoxy groups -OCH3 is 1. The molecule has 6 heteroatoms. The number of carbonyl (C=O) groups is 2. The Kier molecular flexibility index (Phi) is 4.23. The van der Waals surface area contributed by atoms with Crippen molar-refractivity contribution in [3.05, 3.63) is 35.1 Å². The number of carbonyl (C=O) groups excluding carboxylic acids is 1. The standard InChI is InChI=1S/C16H19NO5/c1-9-5-11-7-13(22-12(11)6-10(9)2)14(18)17-16(3,8-21-4)15(19)20/h5-7H,8H2,1-4H3,(H,17,18)(H,19,20). The van der Waals surface area contributed by atoms with Crippen molar-refractivity contribution in [1.29, 1.82) is 0 Å². The number of benzene rings is 1. The van der Waals surface area contributed by atoms with Gasteiger partial charge >= 0.3 is 5.97 Å². The van der Waals surface area contributed by atoms with Crippen LogP contribution in [-0.2, 0) is 9.53 Å². The topological polar surface area (TPSA) is 88.8 Å². The van der Waals surface area contributed by atoms with E-state index in [9.17, 15) is 14.7 Å². The molecule has 1 aromatic carbocycles. The van der Waals surface area contributed by atoms with Crippen molar-refractivity contribution in [3.63, 3.8) is 0 Å². The first kappa shape index (κ1) is 16.0. The monoisotopic (exact) mass is 305 g/mol. The summed E-state index contributed by atoms with van der Waals surface area (Å²) >= 11 is 0. The minimum atomic E-state index is -1.52. The summed E-state index contributed by atoms with van der Waals surface area (Å²) in [6.45, 7) is 5.17. The maximum Gasteiger partial charge on any atom is 0.331 e. The molecule has 1 aromatic heterocycles. The normalized spacial score (nSPS) is 13.8. The van der Waals surface area contributed by atoms with Gasteiger partial charge in [-0.2, -0.15) is 0 Å². The third-order valence-electron chi connectivity index (χ3n) is 3.65. The number of ether oxygens (including phenoxy) is 1. The first-order chi connectivity index (χ1) is 10.3. The lowest BCUT2D eigenvalue weighted by molar-refractivity contribution is -0.145. The fourth-order valence-electron chi connectivity index (χ4n) is 2.17. The van der Waals surface area contributed by atoms with Gasteiger partial charge in [-0.1, -0.05) is 0 Å². The molecular weight excluding hydrogens is 286 g/mol. The molecule has 0 aliphatic heterocycles. The highest BCUT2D eigenvalue weighted by Crippen LogP contribution is 2.23. The van der Waals surface area contributed by atoms with Crippen molar-refractivity contribution in [2.24, 2.45) is 0 Å². The van der Waals surface area contributed by atoms with Gasteiger partial charge in [0.2, 0.25) is 0 Å². The van der Waals surface area contributed by atoms with Gasteiger partial charge in [0, 0.05) is 12.5 Å². The van der Waals surface area contributed by atoms with E-state index in [2.05, 4.69) is 5.32 Å². The van der Waals surface area contributed by atoms with Crippen LogP contribution in [0.1, 0.15) is 28.6 Å². The summed E-state index contributed by atoms with van der Waals surface area (Å²) in [6.07, 6.45) is 0. The second kappa shape index (κ2) is 5.81. The lowest BCUT2D eigenvalue weighted by Crippen LogP contribution is -2.55. The van der Waals surface area contributed by atoms with E-state index in [1.165, 1.54) is 14.0 Å². The molecule has 0 aliphatic carbocycles. The number of fused-ring (bicyclic) bond motifs is 1. The average molecular weight is 305 g/mol. The SMILES string of the molecule is COCC(C)(NC(=O)c1cc2cc(C)c(C)cc2o1)C(=O)O. The molecule has 0 saturated heterocycles. The molecule has 0 fully saturated rings. The average Bonchev–Trinajstić information content (AvgIpc) is 2.82. The summed E-state index contributed by atoms with van der Waals surface area (Å²) in [5.74, 6) is -1.69. The summed E-state index contributed by atoms with van der Waals surface area (Å²) in [4.78, 5) is 23.6. The van der Waals surface area contributed by atoms with E-state index < -0.39 is 17.4 Å². The molecular formula is C16H19NO5. The largest absolute Gasteiger partial charge is 0.479 e. The molecule has 6 nitrogen and oxygen atoms in total. The summed E-state index contributed by atoms with van der Waals surface area (Å²) in [7, 11) is 1.38. The van der Waals surface area contributed by atoms with E-state index in [-0.39, 0.29) is 12.4 Å². The van der Waals surface area contributed by atoms with E-state index >= 15 is 0 Å². The molecule has 1 amide bonds. The van der Waals surface area contributed by atoms with Gasteiger partial charge in [0.1, 0.15) is 5.58 Å². The van der Waals surface area contributed by atoms with Crippen molar-refractivity contribution in [1.82, 2.24) is 5.32 Å². The van der Waals surface area contributed by atoms with Crippen molar-refractivity contribution < 1.29 is 23.8 Å². The van der Waals surface area contributed by atoms with Gasteiger partial charge in [0.05, 0.1) is 6.61 Å². The van der Waals surface area contributed by atoms with E-state index in [0.29, 0.717) is 5.58 Å². The summed E-state index contributed by atoms with van der Waals surface area (Å²) in [6, 6.07) is 5.38. The highest BCUT2D eigenvalue weighted by molar-refractivity contribution is 5.99. The van der Waals surface area contributed by atoms with Gasteiger partial charge in [-0.25, -0.2) is 4.79 Å². The molecule has 22 heavy (non-hydrogen) atoms. The van der Waals surface area contributed by atoms with E-state index in [1.807, 2.05) is 26.0 Å². The number of hydrogen-bond acceptors (Lipinski definition) is 4. The lowest BCUT2D eigenvalue weighted by atomic mass is 10.0. The maximum absolute atomic E-state index is 12.3. The van der Waals surface area contributed by atoms with E-state index in [4.69, 9.17) is 9.15 Å². The van der Waals surface area contributed by atoms with Gasteiger partial charge in [0.25, 0.3) is 5.91 Å². The van der Waals surface area contributed by atoms with Crippen LogP contribution in [0, 0.1) is 13.8 Å². The zero-order valence-corrected chi connectivity index (χ0v) is 13.0. The Balaban J connectivity index is 2.31. The van der Waals surface area contributed by atoms with Crippen molar-refractivity contribution in [3.8, 4) is 0 Å². The number of carboxylic acids is 1.